The first-order valence-corrected chi connectivity index (χ1v) is 9.24. The summed E-state index contributed by atoms with van der Waals surface area (Å²) >= 11 is 0. The zero-order chi connectivity index (χ0) is 17.8. The molecule has 0 bridgehead atoms. The average Bonchev–Trinajstić information content (AvgIpc) is 3.09. The summed E-state index contributed by atoms with van der Waals surface area (Å²) in [5.41, 5.74) is 6.69. The summed E-state index contributed by atoms with van der Waals surface area (Å²) < 4.78 is 0. The van der Waals surface area contributed by atoms with Gasteiger partial charge in [-0.1, -0.05) is 29.8 Å². The molecular weight excluding hydrogens is 308 g/mol. The van der Waals surface area contributed by atoms with Crippen molar-refractivity contribution < 1.29 is 4.79 Å². The molecule has 2 aromatic rings. The van der Waals surface area contributed by atoms with E-state index in [4.69, 9.17) is 0 Å². The Morgan fingerprint density at radius 3 is 2.20 bits per heavy atom. The molecule has 3 rings (SSSR count). The lowest BCUT2D eigenvalue weighted by Crippen LogP contribution is -2.27. The third-order valence-corrected chi connectivity index (χ3v) is 5.01. The summed E-state index contributed by atoms with van der Waals surface area (Å²) in [6.45, 7) is 9.08. The molecule has 3 heteroatoms. The van der Waals surface area contributed by atoms with E-state index < -0.39 is 0 Å². The molecule has 0 aromatic heterocycles. The van der Waals surface area contributed by atoms with Gasteiger partial charge >= 0.3 is 0 Å². The van der Waals surface area contributed by atoms with Gasteiger partial charge in [-0.25, -0.2) is 0 Å². The van der Waals surface area contributed by atoms with Crippen LogP contribution in [0, 0.1) is 20.8 Å². The van der Waals surface area contributed by atoms with E-state index in [1.807, 2.05) is 13.8 Å². The van der Waals surface area contributed by atoms with Crippen molar-refractivity contribution in [3.8, 4) is 0 Å². The van der Waals surface area contributed by atoms with Crippen molar-refractivity contribution in [2.24, 2.45) is 0 Å². The van der Waals surface area contributed by atoms with Crippen molar-refractivity contribution in [2.45, 2.75) is 40.0 Å². The zero-order valence-electron chi connectivity index (χ0n) is 15.6. The number of aryl methyl sites for hydroxylation is 3. The van der Waals surface area contributed by atoms with Crippen LogP contribution in [0.3, 0.4) is 0 Å². The van der Waals surface area contributed by atoms with Crippen molar-refractivity contribution in [1.29, 1.82) is 0 Å². The molecule has 0 aliphatic carbocycles. The van der Waals surface area contributed by atoms with Crippen molar-refractivity contribution in [1.82, 2.24) is 5.32 Å². The van der Waals surface area contributed by atoms with Crippen LogP contribution >= 0.6 is 0 Å². The predicted octanol–water partition coefficient (Wildman–Crippen LogP) is 4.18. The van der Waals surface area contributed by atoms with Gasteiger partial charge in [0, 0.05) is 30.9 Å². The molecule has 1 fully saturated rings. The van der Waals surface area contributed by atoms with Crippen LogP contribution in [-0.2, 0) is 6.42 Å². The Balaban J connectivity index is 1.55. The number of carbonyl (C=O) groups excluding carboxylic acids is 1. The van der Waals surface area contributed by atoms with Crippen LogP contribution in [0.5, 0.6) is 0 Å². The highest BCUT2D eigenvalue weighted by atomic mass is 16.1. The van der Waals surface area contributed by atoms with Crippen molar-refractivity contribution >= 4 is 11.6 Å². The number of rotatable bonds is 5. The van der Waals surface area contributed by atoms with Crippen LogP contribution in [0.4, 0.5) is 5.69 Å². The van der Waals surface area contributed by atoms with Crippen molar-refractivity contribution in [3.05, 3.63) is 64.2 Å². The van der Waals surface area contributed by atoms with Crippen LogP contribution < -0.4 is 10.2 Å². The van der Waals surface area contributed by atoms with Gasteiger partial charge in [0.2, 0.25) is 0 Å². The number of anilines is 1. The van der Waals surface area contributed by atoms with E-state index in [0.29, 0.717) is 6.54 Å². The second-order valence-corrected chi connectivity index (χ2v) is 7.14. The lowest BCUT2D eigenvalue weighted by molar-refractivity contribution is 0.0953. The van der Waals surface area contributed by atoms with Gasteiger partial charge in [-0.3, -0.25) is 4.79 Å². The molecular formula is C22H28N2O. The predicted molar refractivity (Wildman–Crippen MR) is 105 cm³/mol. The van der Waals surface area contributed by atoms with Crippen LogP contribution in [0.15, 0.2) is 36.4 Å². The normalized spacial score (nSPS) is 14.0. The second kappa shape index (κ2) is 7.73. The minimum atomic E-state index is 0.0312. The van der Waals surface area contributed by atoms with Crippen LogP contribution in [0.2, 0.25) is 0 Å². The van der Waals surface area contributed by atoms with Crippen molar-refractivity contribution in [3.63, 3.8) is 0 Å². The van der Waals surface area contributed by atoms with E-state index in [2.05, 4.69) is 53.5 Å². The van der Waals surface area contributed by atoms with E-state index in [9.17, 15) is 4.79 Å². The molecule has 1 amide bonds. The molecule has 1 aliphatic heterocycles. The summed E-state index contributed by atoms with van der Waals surface area (Å²) in [5, 5.41) is 3.07. The maximum absolute atomic E-state index is 12.5. The molecule has 1 saturated heterocycles. The van der Waals surface area contributed by atoms with E-state index >= 15 is 0 Å². The van der Waals surface area contributed by atoms with Gasteiger partial charge in [-0.05, 0) is 68.9 Å². The van der Waals surface area contributed by atoms with Gasteiger partial charge in [0.25, 0.3) is 5.91 Å². The minimum absolute atomic E-state index is 0.0312. The Hall–Kier alpha value is -2.29. The van der Waals surface area contributed by atoms with E-state index in [1.165, 1.54) is 42.7 Å². The summed E-state index contributed by atoms with van der Waals surface area (Å²) in [5.74, 6) is 0.0312. The van der Waals surface area contributed by atoms with Gasteiger partial charge in [0.1, 0.15) is 0 Å². The zero-order valence-corrected chi connectivity index (χ0v) is 15.6. The smallest absolute Gasteiger partial charge is 0.251 e. The Kier molecular flexibility index (Phi) is 5.42. The molecule has 2 aromatic carbocycles. The van der Waals surface area contributed by atoms with Gasteiger partial charge in [0.05, 0.1) is 0 Å². The molecule has 1 heterocycles. The summed E-state index contributed by atoms with van der Waals surface area (Å²) in [7, 11) is 0. The fourth-order valence-corrected chi connectivity index (χ4v) is 3.80. The van der Waals surface area contributed by atoms with Crippen LogP contribution in [0.1, 0.15) is 45.5 Å². The summed E-state index contributed by atoms with van der Waals surface area (Å²) in [6, 6.07) is 12.9. The summed E-state index contributed by atoms with van der Waals surface area (Å²) in [4.78, 5) is 14.9. The highest BCUT2D eigenvalue weighted by molar-refractivity contribution is 5.97. The number of nitrogens with zero attached hydrogens (tertiary/aromatic N) is 1. The van der Waals surface area contributed by atoms with Crippen LogP contribution in [-0.4, -0.2) is 25.5 Å². The van der Waals surface area contributed by atoms with Gasteiger partial charge in [-0.15, -0.1) is 0 Å². The first kappa shape index (κ1) is 17.5. The SMILES string of the molecule is Cc1cc(C)c(C(=O)NCCc2ccc(N3CCCC3)cc2)c(C)c1. The number of hydrogen-bond acceptors (Lipinski definition) is 2. The van der Waals surface area contributed by atoms with Gasteiger partial charge < -0.3 is 10.2 Å². The molecule has 0 spiro atoms. The molecule has 0 saturated carbocycles. The molecule has 0 atom stereocenters. The first-order chi connectivity index (χ1) is 12.0. The number of nitrogens with one attached hydrogen (secondary N) is 1. The third kappa shape index (κ3) is 4.22. The topological polar surface area (TPSA) is 32.3 Å². The largest absolute Gasteiger partial charge is 0.372 e. The number of carbonyl (C=O) groups is 1. The monoisotopic (exact) mass is 336 g/mol. The number of benzene rings is 2. The molecule has 0 unspecified atom stereocenters. The lowest BCUT2D eigenvalue weighted by atomic mass is 9.99. The summed E-state index contributed by atoms with van der Waals surface area (Å²) in [6.07, 6.45) is 3.45. The fourth-order valence-electron chi connectivity index (χ4n) is 3.80. The lowest BCUT2D eigenvalue weighted by Gasteiger charge is -2.17. The van der Waals surface area contributed by atoms with Gasteiger partial charge in [0.15, 0.2) is 0 Å². The number of hydrogen-bond donors (Lipinski definition) is 1. The Labute approximate surface area is 151 Å². The van der Waals surface area contributed by atoms with Crippen molar-refractivity contribution in [2.75, 3.05) is 24.5 Å². The fraction of sp³-hybridized carbons (Fsp3) is 0.409. The highest BCUT2D eigenvalue weighted by Gasteiger charge is 2.13. The minimum Gasteiger partial charge on any atom is -0.372 e. The standard InChI is InChI=1S/C22H28N2O/c1-16-14-17(2)21(18(3)15-16)22(25)23-11-10-19-6-8-20(9-7-19)24-12-4-5-13-24/h6-9,14-15H,4-5,10-13H2,1-3H3,(H,23,25). The quantitative estimate of drug-likeness (QED) is 0.888. The van der Waals surface area contributed by atoms with E-state index in [0.717, 1.165) is 23.1 Å². The Morgan fingerprint density at radius 1 is 1.00 bits per heavy atom. The average molecular weight is 336 g/mol. The maximum atomic E-state index is 12.5. The Morgan fingerprint density at radius 2 is 1.60 bits per heavy atom. The third-order valence-electron chi connectivity index (χ3n) is 5.01. The first-order valence-electron chi connectivity index (χ1n) is 9.24. The van der Waals surface area contributed by atoms with Crippen LogP contribution in [0.25, 0.3) is 0 Å². The second-order valence-electron chi connectivity index (χ2n) is 7.14. The van der Waals surface area contributed by atoms with Gasteiger partial charge in [-0.2, -0.15) is 0 Å². The molecule has 1 N–H and O–H groups in total. The van der Waals surface area contributed by atoms with E-state index in [-0.39, 0.29) is 5.91 Å². The number of amides is 1. The Bertz CT molecular complexity index is 720. The molecule has 132 valence electrons. The molecule has 0 radical (unpaired) electrons. The molecule has 1 aliphatic rings. The molecule has 25 heavy (non-hydrogen) atoms. The molecule has 3 nitrogen and oxygen atoms in total. The van der Waals surface area contributed by atoms with E-state index in [1.54, 1.807) is 0 Å². The maximum Gasteiger partial charge on any atom is 0.251 e. The highest BCUT2D eigenvalue weighted by Crippen LogP contribution is 2.20.